The molecule has 4 rings (SSSR count). The highest BCUT2D eigenvalue weighted by molar-refractivity contribution is 9.10. The van der Waals surface area contributed by atoms with Gasteiger partial charge < -0.3 is 5.32 Å². The summed E-state index contributed by atoms with van der Waals surface area (Å²) in [6.07, 6.45) is 2.93. The lowest BCUT2D eigenvalue weighted by atomic mass is 9.97. The summed E-state index contributed by atoms with van der Waals surface area (Å²) in [6.45, 7) is 0.659. The van der Waals surface area contributed by atoms with Gasteiger partial charge in [0.25, 0.3) is 0 Å². The van der Waals surface area contributed by atoms with Crippen molar-refractivity contribution < 1.29 is 13.2 Å². The fourth-order valence-corrected chi connectivity index (χ4v) is 6.79. The number of benzene rings is 2. The number of fused-ring (bicyclic) bond motifs is 1. The maximum Gasteiger partial charge on any atom is 0.243 e. The number of piperidine rings is 1. The summed E-state index contributed by atoms with van der Waals surface area (Å²) in [5.74, 6) is -0.336. The number of nitrogens with one attached hydrogen (secondary N) is 1. The summed E-state index contributed by atoms with van der Waals surface area (Å²) in [6, 6.07) is 12.7. The van der Waals surface area contributed by atoms with E-state index in [1.54, 1.807) is 23.9 Å². The van der Waals surface area contributed by atoms with Gasteiger partial charge in [-0.15, -0.1) is 11.8 Å². The average Bonchev–Trinajstić information content (AvgIpc) is 3.17. The molecule has 0 spiro atoms. The highest BCUT2D eigenvalue weighted by Gasteiger charge is 2.32. The van der Waals surface area contributed by atoms with E-state index < -0.39 is 10.0 Å². The molecule has 1 amide bonds. The summed E-state index contributed by atoms with van der Waals surface area (Å²) >= 11 is 6.47. The van der Waals surface area contributed by atoms with Gasteiger partial charge in [-0.1, -0.05) is 17.4 Å². The Balaban J connectivity index is 1.39. The molecule has 0 bridgehead atoms. The maximum atomic E-state index is 12.9. The van der Waals surface area contributed by atoms with Crippen molar-refractivity contribution in [3.8, 4) is 0 Å². The van der Waals surface area contributed by atoms with E-state index in [0.29, 0.717) is 36.0 Å². The minimum atomic E-state index is -3.54. The molecule has 0 saturated carbocycles. The number of rotatable bonds is 5. The van der Waals surface area contributed by atoms with Crippen LogP contribution < -0.4 is 5.32 Å². The van der Waals surface area contributed by atoms with Crippen molar-refractivity contribution in [3.63, 3.8) is 0 Å². The van der Waals surface area contributed by atoms with Gasteiger partial charge in [-0.25, -0.2) is 13.4 Å². The number of anilines is 1. The second-order valence-corrected chi connectivity index (χ2v) is 11.7. The van der Waals surface area contributed by atoms with E-state index in [0.717, 1.165) is 19.6 Å². The summed E-state index contributed by atoms with van der Waals surface area (Å²) in [4.78, 5) is 18.5. The maximum absolute atomic E-state index is 12.9. The number of hydrogen-bond acceptors (Lipinski definition) is 6. The number of carbonyl (C=O) groups is 1. The van der Waals surface area contributed by atoms with Gasteiger partial charge in [0.15, 0.2) is 5.13 Å². The largest absolute Gasteiger partial charge is 0.302 e. The smallest absolute Gasteiger partial charge is 0.243 e. The molecular formula is C20H20BrN3O3S3. The molecular weight excluding hydrogens is 506 g/mol. The van der Waals surface area contributed by atoms with E-state index in [1.165, 1.54) is 15.6 Å². The molecule has 0 radical (unpaired) electrons. The summed E-state index contributed by atoms with van der Waals surface area (Å²) in [5, 5.41) is 3.46. The van der Waals surface area contributed by atoms with Crippen LogP contribution in [0.4, 0.5) is 5.13 Å². The number of para-hydroxylation sites is 1. The molecule has 0 unspecified atom stereocenters. The zero-order chi connectivity index (χ0) is 21.3. The van der Waals surface area contributed by atoms with Crippen molar-refractivity contribution in [2.75, 3.05) is 24.7 Å². The summed E-state index contributed by atoms with van der Waals surface area (Å²) < 4.78 is 29.1. The Bertz CT molecular complexity index is 1170. The van der Waals surface area contributed by atoms with Crippen LogP contribution in [0.5, 0.6) is 0 Å². The third kappa shape index (κ3) is 4.43. The monoisotopic (exact) mass is 525 g/mol. The number of thiazole rings is 1. The van der Waals surface area contributed by atoms with Crippen molar-refractivity contribution >= 4 is 70.3 Å². The molecule has 6 nitrogen and oxygen atoms in total. The quantitative estimate of drug-likeness (QED) is 0.483. The van der Waals surface area contributed by atoms with Gasteiger partial charge in [-0.3, -0.25) is 4.79 Å². The van der Waals surface area contributed by atoms with Crippen molar-refractivity contribution in [1.29, 1.82) is 0 Å². The fourth-order valence-electron chi connectivity index (χ4n) is 3.43. The van der Waals surface area contributed by atoms with Gasteiger partial charge in [0.2, 0.25) is 15.9 Å². The zero-order valence-electron chi connectivity index (χ0n) is 16.2. The number of hydrogen-bond donors (Lipinski definition) is 1. The number of thioether (sulfide) groups is 1. The first-order valence-electron chi connectivity index (χ1n) is 9.38. The van der Waals surface area contributed by atoms with Crippen LogP contribution in [-0.2, 0) is 14.8 Å². The van der Waals surface area contributed by atoms with Crippen LogP contribution in [0, 0.1) is 5.92 Å². The number of aromatic nitrogens is 1. The molecule has 2 heterocycles. The second kappa shape index (κ2) is 8.96. The molecule has 1 aromatic heterocycles. The van der Waals surface area contributed by atoms with Gasteiger partial charge in [0, 0.05) is 28.4 Å². The van der Waals surface area contributed by atoms with Gasteiger partial charge in [0.1, 0.15) is 0 Å². The Kier molecular flexibility index (Phi) is 6.50. The van der Waals surface area contributed by atoms with Crippen molar-refractivity contribution in [2.24, 2.45) is 5.92 Å². The molecule has 30 heavy (non-hydrogen) atoms. The average molecular weight is 527 g/mol. The minimum absolute atomic E-state index is 0.105. The third-order valence-electron chi connectivity index (χ3n) is 5.12. The lowest BCUT2D eigenvalue weighted by molar-refractivity contribution is -0.120. The Morgan fingerprint density at radius 3 is 2.53 bits per heavy atom. The van der Waals surface area contributed by atoms with Gasteiger partial charge in [-0.05, 0) is 71.4 Å². The van der Waals surface area contributed by atoms with Crippen LogP contribution in [0.3, 0.4) is 0 Å². The molecule has 1 N–H and O–H groups in total. The third-order valence-corrected chi connectivity index (χ3v) is 9.35. The van der Waals surface area contributed by atoms with E-state index in [2.05, 4.69) is 26.2 Å². The molecule has 158 valence electrons. The normalized spacial score (nSPS) is 16.1. The van der Waals surface area contributed by atoms with Gasteiger partial charge >= 0.3 is 0 Å². The number of sulfonamides is 1. The zero-order valence-corrected chi connectivity index (χ0v) is 20.2. The molecule has 1 aliphatic heterocycles. The molecule has 10 heteroatoms. The Labute approximate surface area is 192 Å². The highest BCUT2D eigenvalue weighted by Crippen LogP contribution is 2.32. The van der Waals surface area contributed by atoms with Gasteiger partial charge in [0.05, 0.1) is 15.1 Å². The number of amides is 1. The summed E-state index contributed by atoms with van der Waals surface area (Å²) in [5.41, 5.74) is 0.825. The Morgan fingerprint density at radius 2 is 1.90 bits per heavy atom. The lowest BCUT2D eigenvalue weighted by Crippen LogP contribution is -2.41. The van der Waals surface area contributed by atoms with E-state index >= 15 is 0 Å². The molecule has 3 aromatic rings. The van der Waals surface area contributed by atoms with Crippen molar-refractivity contribution in [1.82, 2.24) is 9.29 Å². The second-order valence-electron chi connectivity index (χ2n) is 6.95. The van der Waals surface area contributed by atoms with E-state index in [1.807, 2.05) is 36.6 Å². The van der Waals surface area contributed by atoms with Crippen molar-refractivity contribution in [2.45, 2.75) is 22.6 Å². The molecule has 0 aliphatic carbocycles. The molecule has 1 fully saturated rings. The molecule has 2 aromatic carbocycles. The summed E-state index contributed by atoms with van der Waals surface area (Å²) in [7, 11) is -3.54. The molecule has 1 aliphatic rings. The van der Waals surface area contributed by atoms with Crippen LogP contribution in [0.2, 0.25) is 0 Å². The number of carbonyl (C=O) groups excluding carboxylic acids is 1. The van der Waals surface area contributed by atoms with Crippen molar-refractivity contribution in [3.05, 3.63) is 46.9 Å². The van der Waals surface area contributed by atoms with Crippen LogP contribution in [0.15, 0.2) is 56.7 Å². The van der Waals surface area contributed by atoms with E-state index in [9.17, 15) is 13.2 Å². The van der Waals surface area contributed by atoms with Crippen LogP contribution >= 0.6 is 39.0 Å². The highest BCUT2D eigenvalue weighted by atomic mass is 79.9. The van der Waals surface area contributed by atoms with Crippen LogP contribution in [-0.4, -0.2) is 43.0 Å². The predicted molar refractivity (Wildman–Crippen MR) is 126 cm³/mol. The fraction of sp³-hybridized carbons (Fsp3) is 0.300. The first kappa shape index (κ1) is 21.8. The standard InChI is InChI=1S/C20H20BrN3O3S3/c1-28-14-5-7-15(8-6-14)30(26,27)24-11-9-13(10-12-24)19(25)23-20-22-18-16(21)3-2-4-17(18)29-20/h2-8,13H,9-12H2,1H3,(H,22,23,25). The SMILES string of the molecule is CSc1ccc(S(=O)(=O)N2CCC(C(=O)Nc3nc4c(Br)cccc4s3)CC2)cc1. The number of nitrogens with zero attached hydrogens (tertiary/aromatic N) is 2. The van der Waals surface area contributed by atoms with Crippen LogP contribution in [0.25, 0.3) is 10.2 Å². The van der Waals surface area contributed by atoms with E-state index in [-0.39, 0.29) is 11.8 Å². The first-order valence-corrected chi connectivity index (χ1v) is 13.7. The van der Waals surface area contributed by atoms with Gasteiger partial charge in [-0.2, -0.15) is 4.31 Å². The Hall–Kier alpha value is -1.46. The Morgan fingerprint density at radius 1 is 1.20 bits per heavy atom. The van der Waals surface area contributed by atoms with E-state index in [4.69, 9.17) is 0 Å². The number of halogens is 1. The molecule has 1 saturated heterocycles. The molecule has 0 atom stereocenters. The predicted octanol–water partition coefficient (Wildman–Crippen LogP) is 4.82. The van der Waals surface area contributed by atoms with Crippen LogP contribution in [0.1, 0.15) is 12.8 Å². The lowest BCUT2D eigenvalue weighted by Gasteiger charge is -2.30. The minimum Gasteiger partial charge on any atom is -0.302 e. The topological polar surface area (TPSA) is 79.4 Å². The first-order chi connectivity index (χ1) is 14.4.